The quantitative estimate of drug-likeness (QED) is 0.723. The van der Waals surface area contributed by atoms with Crippen LogP contribution in [-0.4, -0.2) is 81.5 Å². The number of hydrogen-bond acceptors (Lipinski definition) is 6. The number of para-hydroxylation sites is 1. The number of rotatable bonds is 5. The van der Waals surface area contributed by atoms with E-state index in [4.69, 9.17) is 9.47 Å². The van der Waals surface area contributed by atoms with E-state index in [2.05, 4.69) is 5.32 Å². The molecule has 29 heavy (non-hydrogen) atoms. The van der Waals surface area contributed by atoms with Gasteiger partial charge in [0.15, 0.2) is 0 Å². The molecule has 2 amide bonds. The summed E-state index contributed by atoms with van der Waals surface area (Å²) < 4.78 is 39.4. The fraction of sp³-hybridized carbons (Fsp3) is 0.579. The smallest absolute Gasteiger partial charge is 0.247 e. The molecule has 1 saturated heterocycles. The summed E-state index contributed by atoms with van der Waals surface area (Å²) in [5.41, 5.74) is 0. The second-order valence-electron chi connectivity index (χ2n) is 7.15. The van der Waals surface area contributed by atoms with Crippen LogP contribution in [0.25, 0.3) is 0 Å². The number of ether oxygens (including phenoxy) is 2. The van der Waals surface area contributed by atoms with Crippen LogP contribution < -0.4 is 10.1 Å². The largest absolute Gasteiger partial charge is 0.487 e. The molecule has 10 heteroatoms. The number of carbonyl (C=O) groups excluding carboxylic acids is 2. The molecule has 1 N–H and O–H groups in total. The van der Waals surface area contributed by atoms with Crippen LogP contribution in [0, 0.1) is 0 Å². The highest BCUT2D eigenvalue weighted by molar-refractivity contribution is 7.89. The monoisotopic (exact) mass is 425 g/mol. The Morgan fingerprint density at radius 2 is 1.97 bits per heavy atom. The minimum atomic E-state index is -3.77. The maximum absolute atomic E-state index is 13.4. The molecule has 2 aliphatic rings. The molecule has 9 nitrogen and oxygen atoms in total. The third kappa shape index (κ3) is 4.71. The summed E-state index contributed by atoms with van der Waals surface area (Å²) in [5, 5.41) is 2.51. The van der Waals surface area contributed by atoms with Crippen molar-refractivity contribution in [1.29, 1.82) is 0 Å². The SMILES string of the molecule is COCCN1[C@@H]2CCN(C(=O)CNC(C)=O)CC[C@H]2Oc2ccccc2S1(=O)=O. The first-order valence-corrected chi connectivity index (χ1v) is 11.1. The van der Waals surface area contributed by atoms with Crippen molar-refractivity contribution in [3.8, 4) is 5.75 Å². The zero-order chi connectivity index (χ0) is 21.0. The molecule has 0 aromatic heterocycles. The van der Waals surface area contributed by atoms with Gasteiger partial charge in [0.1, 0.15) is 16.7 Å². The zero-order valence-corrected chi connectivity index (χ0v) is 17.5. The third-order valence-electron chi connectivity index (χ3n) is 5.25. The Hall–Kier alpha value is -2.17. The van der Waals surface area contributed by atoms with E-state index in [9.17, 15) is 18.0 Å². The van der Waals surface area contributed by atoms with E-state index in [0.29, 0.717) is 31.7 Å². The van der Waals surface area contributed by atoms with Crippen LogP contribution in [0.3, 0.4) is 0 Å². The van der Waals surface area contributed by atoms with Gasteiger partial charge in [-0.15, -0.1) is 0 Å². The molecule has 160 valence electrons. The molecule has 2 atom stereocenters. The predicted octanol–water partition coefficient (Wildman–Crippen LogP) is 0.212. The molecular formula is C19H27N3O6S. The number of hydrogen-bond donors (Lipinski definition) is 1. The fourth-order valence-corrected chi connectivity index (χ4v) is 5.57. The van der Waals surface area contributed by atoms with Crippen molar-refractivity contribution in [2.75, 3.05) is 39.9 Å². The lowest BCUT2D eigenvalue weighted by atomic mass is 10.1. The Bertz CT molecular complexity index is 859. The first-order chi connectivity index (χ1) is 13.8. The Labute approximate surface area is 171 Å². The Balaban J connectivity index is 1.87. The van der Waals surface area contributed by atoms with Crippen molar-refractivity contribution in [3.63, 3.8) is 0 Å². The maximum atomic E-state index is 13.4. The third-order valence-corrected chi connectivity index (χ3v) is 7.21. The molecule has 0 aliphatic carbocycles. The molecular weight excluding hydrogens is 398 g/mol. The number of fused-ring (bicyclic) bond motifs is 2. The average Bonchev–Trinajstić information content (AvgIpc) is 2.93. The summed E-state index contributed by atoms with van der Waals surface area (Å²) in [6.45, 7) is 2.57. The highest BCUT2D eigenvalue weighted by Gasteiger charge is 2.43. The average molecular weight is 426 g/mol. The van der Waals surface area contributed by atoms with Crippen LogP contribution in [-0.2, 0) is 24.3 Å². The number of benzene rings is 1. The molecule has 0 unspecified atom stereocenters. The second-order valence-corrected chi connectivity index (χ2v) is 9.01. The number of methoxy groups -OCH3 is 1. The summed E-state index contributed by atoms with van der Waals surface area (Å²) >= 11 is 0. The van der Waals surface area contributed by atoms with E-state index in [1.54, 1.807) is 29.2 Å². The molecule has 1 fully saturated rings. The van der Waals surface area contributed by atoms with E-state index in [-0.39, 0.29) is 42.5 Å². The fourth-order valence-electron chi connectivity index (χ4n) is 3.79. The van der Waals surface area contributed by atoms with Gasteiger partial charge in [-0.25, -0.2) is 8.42 Å². The summed E-state index contributed by atoms with van der Waals surface area (Å²) in [5.74, 6) is -0.126. The zero-order valence-electron chi connectivity index (χ0n) is 16.7. The van der Waals surface area contributed by atoms with Crippen molar-refractivity contribution >= 4 is 21.8 Å². The minimum Gasteiger partial charge on any atom is -0.487 e. The molecule has 0 bridgehead atoms. The molecule has 0 radical (unpaired) electrons. The van der Waals surface area contributed by atoms with Crippen LogP contribution in [0.15, 0.2) is 29.2 Å². The van der Waals surface area contributed by atoms with Crippen LogP contribution in [0.2, 0.25) is 0 Å². The topological polar surface area (TPSA) is 105 Å². The molecule has 2 aliphatic heterocycles. The number of carbonyl (C=O) groups is 2. The Morgan fingerprint density at radius 3 is 2.69 bits per heavy atom. The highest BCUT2D eigenvalue weighted by Crippen LogP contribution is 2.36. The minimum absolute atomic E-state index is 0.0694. The van der Waals surface area contributed by atoms with Crippen LogP contribution in [0.5, 0.6) is 5.75 Å². The first-order valence-electron chi connectivity index (χ1n) is 9.63. The molecule has 1 aromatic rings. The molecule has 3 rings (SSSR count). The van der Waals surface area contributed by atoms with Gasteiger partial charge in [0.2, 0.25) is 21.8 Å². The standard InChI is InChI=1S/C19H27N3O6S/c1-14(23)20-13-19(24)21-9-7-15-16(8-10-21)28-17-5-3-4-6-18(17)29(25,26)22(15)11-12-27-2/h3-6,15-16H,7-13H2,1-2H3,(H,20,23)/t15-,16-/m1/s1. The lowest BCUT2D eigenvalue weighted by molar-refractivity contribution is -0.132. The first kappa shape index (κ1) is 21.5. The van der Waals surface area contributed by atoms with E-state index < -0.39 is 16.1 Å². The van der Waals surface area contributed by atoms with E-state index in [1.165, 1.54) is 18.3 Å². The van der Waals surface area contributed by atoms with Crippen molar-refractivity contribution in [2.45, 2.75) is 36.8 Å². The highest BCUT2D eigenvalue weighted by atomic mass is 32.2. The van der Waals surface area contributed by atoms with E-state index >= 15 is 0 Å². The summed E-state index contributed by atoms with van der Waals surface area (Å²) in [6.07, 6.45) is 0.542. The van der Waals surface area contributed by atoms with Gasteiger partial charge in [-0.05, 0) is 18.6 Å². The Morgan fingerprint density at radius 1 is 1.24 bits per heavy atom. The number of sulfonamides is 1. The summed E-state index contributed by atoms with van der Waals surface area (Å²) in [7, 11) is -2.24. The van der Waals surface area contributed by atoms with Crippen molar-refractivity contribution < 1.29 is 27.5 Å². The van der Waals surface area contributed by atoms with Crippen molar-refractivity contribution in [1.82, 2.24) is 14.5 Å². The van der Waals surface area contributed by atoms with Crippen LogP contribution >= 0.6 is 0 Å². The molecule has 0 saturated carbocycles. The number of likely N-dealkylation sites (tertiary alicyclic amines) is 1. The van der Waals surface area contributed by atoms with Gasteiger partial charge < -0.3 is 19.7 Å². The van der Waals surface area contributed by atoms with Gasteiger partial charge in [-0.2, -0.15) is 4.31 Å². The number of amides is 2. The van der Waals surface area contributed by atoms with Gasteiger partial charge in [0, 0.05) is 40.1 Å². The predicted molar refractivity (Wildman–Crippen MR) is 105 cm³/mol. The lowest BCUT2D eigenvalue weighted by Crippen LogP contribution is -2.48. The molecule has 1 aromatic carbocycles. The second kappa shape index (κ2) is 9.10. The van der Waals surface area contributed by atoms with Crippen LogP contribution in [0.4, 0.5) is 0 Å². The van der Waals surface area contributed by atoms with Crippen molar-refractivity contribution in [3.05, 3.63) is 24.3 Å². The van der Waals surface area contributed by atoms with E-state index in [1.807, 2.05) is 0 Å². The van der Waals surface area contributed by atoms with Gasteiger partial charge in [0.25, 0.3) is 0 Å². The summed E-state index contributed by atoms with van der Waals surface area (Å²) in [4.78, 5) is 25.3. The Kier molecular flexibility index (Phi) is 6.76. The lowest BCUT2D eigenvalue weighted by Gasteiger charge is -2.31. The normalized spacial score (nSPS) is 23.7. The number of nitrogens with zero attached hydrogens (tertiary/aromatic N) is 2. The summed E-state index contributed by atoms with van der Waals surface area (Å²) in [6, 6.07) is 6.22. The van der Waals surface area contributed by atoms with Gasteiger partial charge >= 0.3 is 0 Å². The molecule has 2 heterocycles. The maximum Gasteiger partial charge on any atom is 0.247 e. The van der Waals surface area contributed by atoms with Gasteiger partial charge in [-0.3, -0.25) is 9.59 Å². The van der Waals surface area contributed by atoms with E-state index in [0.717, 1.165) is 0 Å². The van der Waals surface area contributed by atoms with Crippen LogP contribution in [0.1, 0.15) is 19.8 Å². The van der Waals surface area contributed by atoms with Gasteiger partial charge in [0.05, 0.1) is 19.2 Å². The molecule has 0 spiro atoms. The number of nitrogens with one attached hydrogen (secondary N) is 1. The van der Waals surface area contributed by atoms with Crippen molar-refractivity contribution in [2.24, 2.45) is 0 Å². The van der Waals surface area contributed by atoms with Gasteiger partial charge in [-0.1, -0.05) is 12.1 Å².